The Balaban J connectivity index is 1.58. The van der Waals surface area contributed by atoms with Crippen LogP contribution in [0, 0.1) is 6.92 Å². The zero-order valence-electron chi connectivity index (χ0n) is 18.2. The first-order valence-corrected chi connectivity index (χ1v) is 10.6. The summed E-state index contributed by atoms with van der Waals surface area (Å²) in [5.41, 5.74) is 2.90. The Kier molecular flexibility index (Phi) is 6.20. The lowest BCUT2D eigenvalue weighted by Gasteiger charge is -2.41. The normalized spacial score (nSPS) is 20.0. The molecular weight excluding hydrogens is 392 g/mol. The number of rotatable bonds is 7. The van der Waals surface area contributed by atoms with Crippen LogP contribution in [0.15, 0.2) is 54.4 Å². The molecule has 2 heterocycles. The maximum Gasteiger partial charge on any atom is 0.178 e. The summed E-state index contributed by atoms with van der Waals surface area (Å²) in [5.74, 6) is 0. The molecule has 1 saturated heterocycles. The van der Waals surface area contributed by atoms with Gasteiger partial charge in [0.25, 0.3) is 0 Å². The third kappa shape index (κ3) is 4.70. The highest BCUT2D eigenvalue weighted by atomic mass is 16.5. The SMILES string of the molecule is COC1CN(C(O)c2cccc(-c3cnc(C)c(C(C)(O)NC4=CCCC=C4)n3)c2)C1. The number of nitrogens with zero attached hydrogens (tertiary/aromatic N) is 3. The minimum atomic E-state index is -1.37. The van der Waals surface area contributed by atoms with Crippen LogP contribution >= 0.6 is 0 Å². The van der Waals surface area contributed by atoms with Gasteiger partial charge in [-0.1, -0.05) is 30.4 Å². The number of allylic oxidation sites excluding steroid dienone is 3. The molecule has 0 saturated carbocycles. The lowest BCUT2D eigenvalue weighted by molar-refractivity contribution is -0.114. The molecular formula is C24H30N4O3. The van der Waals surface area contributed by atoms with Crippen LogP contribution in [0.1, 0.15) is 42.9 Å². The highest BCUT2D eigenvalue weighted by Crippen LogP contribution is 2.29. The zero-order chi connectivity index (χ0) is 22.0. The Labute approximate surface area is 183 Å². The number of hydrogen-bond donors (Lipinski definition) is 3. The number of methoxy groups -OCH3 is 1. The fourth-order valence-corrected chi connectivity index (χ4v) is 3.98. The fraction of sp³-hybridized carbons (Fsp3) is 0.417. The highest BCUT2D eigenvalue weighted by Gasteiger charge is 2.32. The maximum absolute atomic E-state index is 11.1. The van der Waals surface area contributed by atoms with E-state index >= 15 is 0 Å². The molecule has 31 heavy (non-hydrogen) atoms. The molecule has 2 atom stereocenters. The summed E-state index contributed by atoms with van der Waals surface area (Å²) >= 11 is 0. The molecule has 1 aromatic heterocycles. The second-order valence-corrected chi connectivity index (χ2v) is 8.34. The molecule has 0 bridgehead atoms. The first-order chi connectivity index (χ1) is 14.9. The van der Waals surface area contributed by atoms with E-state index in [9.17, 15) is 10.2 Å². The van der Waals surface area contributed by atoms with Crippen LogP contribution in [0.5, 0.6) is 0 Å². The van der Waals surface area contributed by atoms with Gasteiger partial charge in [-0.3, -0.25) is 9.88 Å². The minimum Gasteiger partial charge on any atom is -0.379 e. The van der Waals surface area contributed by atoms with Crippen LogP contribution < -0.4 is 5.32 Å². The van der Waals surface area contributed by atoms with Gasteiger partial charge in [-0.2, -0.15) is 0 Å². The van der Waals surface area contributed by atoms with Crippen LogP contribution in [0.2, 0.25) is 0 Å². The molecule has 2 aromatic rings. The van der Waals surface area contributed by atoms with E-state index < -0.39 is 12.0 Å². The lowest BCUT2D eigenvalue weighted by Crippen LogP contribution is -2.53. The molecule has 1 aromatic carbocycles. The molecule has 7 nitrogen and oxygen atoms in total. The average Bonchev–Trinajstić information content (AvgIpc) is 2.73. The summed E-state index contributed by atoms with van der Waals surface area (Å²) in [6.45, 7) is 4.93. The van der Waals surface area contributed by atoms with E-state index in [-0.39, 0.29) is 6.10 Å². The number of nitrogens with one attached hydrogen (secondary N) is 1. The number of aryl methyl sites for hydroxylation is 1. The second-order valence-electron chi connectivity index (χ2n) is 8.34. The van der Waals surface area contributed by atoms with Gasteiger partial charge in [0.2, 0.25) is 0 Å². The van der Waals surface area contributed by atoms with Crippen molar-refractivity contribution in [2.24, 2.45) is 0 Å². The smallest absolute Gasteiger partial charge is 0.178 e. The van der Waals surface area contributed by atoms with Crippen molar-refractivity contribution in [1.82, 2.24) is 20.2 Å². The lowest BCUT2D eigenvalue weighted by atomic mass is 10.0. The third-order valence-corrected chi connectivity index (χ3v) is 5.84. The third-order valence-electron chi connectivity index (χ3n) is 5.84. The molecule has 1 fully saturated rings. The summed E-state index contributed by atoms with van der Waals surface area (Å²) in [7, 11) is 1.69. The Hall–Kier alpha value is -2.58. The minimum absolute atomic E-state index is 0.173. The van der Waals surface area contributed by atoms with Gasteiger partial charge >= 0.3 is 0 Å². The second kappa shape index (κ2) is 8.88. The van der Waals surface area contributed by atoms with Crippen LogP contribution in [-0.2, 0) is 10.5 Å². The number of hydrogen-bond acceptors (Lipinski definition) is 7. The number of aromatic nitrogens is 2. The maximum atomic E-state index is 11.1. The quantitative estimate of drug-likeness (QED) is 0.591. The first-order valence-electron chi connectivity index (χ1n) is 10.6. The van der Waals surface area contributed by atoms with E-state index in [2.05, 4.69) is 22.5 Å². The highest BCUT2D eigenvalue weighted by molar-refractivity contribution is 5.60. The summed E-state index contributed by atoms with van der Waals surface area (Å²) in [5, 5.41) is 25.0. The molecule has 4 rings (SSSR count). The predicted molar refractivity (Wildman–Crippen MR) is 119 cm³/mol. The number of likely N-dealkylation sites (tertiary alicyclic amines) is 1. The van der Waals surface area contributed by atoms with Gasteiger partial charge in [0, 0.05) is 31.5 Å². The van der Waals surface area contributed by atoms with Crippen molar-refractivity contribution in [2.75, 3.05) is 20.2 Å². The van der Waals surface area contributed by atoms with E-state index in [1.54, 1.807) is 20.2 Å². The van der Waals surface area contributed by atoms with Crippen molar-refractivity contribution in [3.8, 4) is 11.3 Å². The molecule has 1 aliphatic carbocycles. The van der Waals surface area contributed by atoms with E-state index in [0.29, 0.717) is 30.2 Å². The topological polar surface area (TPSA) is 90.7 Å². The molecule has 0 amide bonds. The van der Waals surface area contributed by atoms with E-state index in [1.807, 2.05) is 42.2 Å². The molecule has 7 heteroatoms. The van der Waals surface area contributed by atoms with Crippen molar-refractivity contribution in [3.63, 3.8) is 0 Å². The summed E-state index contributed by atoms with van der Waals surface area (Å²) in [6.07, 6.45) is 9.24. The molecule has 0 spiro atoms. The Bertz CT molecular complexity index is 996. The van der Waals surface area contributed by atoms with Gasteiger partial charge in [-0.15, -0.1) is 0 Å². The summed E-state index contributed by atoms with van der Waals surface area (Å²) in [4.78, 5) is 11.2. The van der Waals surface area contributed by atoms with Gasteiger partial charge in [0.15, 0.2) is 5.72 Å². The van der Waals surface area contributed by atoms with Gasteiger partial charge in [-0.05, 0) is 44.4 Å². The van der Waals surface area contributed by atoms with Crippen LogP contribution in [0.3, 0.4) is 0 Å². The molecule has 164 valence electrons. The first kappa shape index (κ1) is 21.6. The number of aliphatic hydroxyl groups is 2. The van der Waals surface area contributed by atoms with Crippen LogP contribution in [0.25, 0.3) is 11.3 Å². The van der Waals surface area contributed by atoms with Crippen molar-refractivity contribution in [1.29, 1.82) is 0 Å². The summed E-state index contributed by atoms with van der Waals surface area (Å²) < 4.78 is 5.30. The fourth-order valence-electron chi connectivity index (χ4n) is 3.98. The van der Waals surface area contributed by atoms with Crippen molar-refractivity contribution in [3.05, 3.63) is 71.3 Å². The van der Waals surface area contributed by atoms with Gasteiger partial charge in [-0.25, -0.2) is 4.98 Å². The molecule has 0 radical (unpaired) electrons. The molecule has 1 aliphatic heterocycles. The molecule has 2 unspecified atom stereocenters. The number of ether oxygens (including phenoxy) is 1. The largest absolute Gasteiger partial charge is 0.379 e. The predicted octanol–water partition coefficient (Wildman–Crippen LogP) is 2.76. The zero-order valence-corrected chi connectivity index (χ0v) is 18.2. The van der Waals surface area contributed by atoms with Crippen LogP contribution in [0.4, 0.5) is 0 Å². The van der Waals surface area contributed by atoms with Gasteiger partial charge in [0.05, 0.1) is 23.7 Å². The standard InChI is InChI=1S/C24H30N4O3/c1-16-22(24(2,30)27-19-10-5-4-6-11-19)26-21(13-25-16)17-8-7-9-18(12-17)23(29)28-14-20(15-28)31-3/h5,7-13,20,23,27,29-30H,4,6,14-15H2,1-3H3. The van der Waals surface area contributed by atoms with E-state index in [0.717, 1.165) is 29.7 Å². The Morgan fingerprint density at radius 2 is 2.10 bits per heavy atom. The monoisotopic (exact) mass is 422 g/mol. The average molecular weight is 423 g/mol. The number of aliphatic hydroxyl groups excluding tert-OH is 1. The van der Waals surface area contributed by atoms with E-state index in [1.165, 1.54) is 0 Å². The Morgan fingerprint density at radius 1 is 1.29 bits per heavy atom. The summed E-state index contributed by atoms with van der Waals surface area (Å²) in [6, 6.07) is 7.65. The molecule has 3 N–H and O–H groups in total. The molecule has 2 aliphatic rings. The van der Waals surface area contributed by atoms with E-state index in [4.69, 9.17) is 9.72 Å². The number of benzene rings is 1. The Morgan fingerprint density at radius 3 is 2.81 bits per heavy atom. The van der Waals surface area contributed by atoms with Crippen molar-refractivity contribution >= 4 is 0 Å². The van der Waals surface area contributed by atoms with Crippen LogP contribution in [-0.4, -0.2) is 51.4 Å². The van der Waals surface area contributed by atoms with Gasteiger partial charge < -0.3 is 20.3 Å². The van der Waals surface area contributed by atoms with Crippen molar-refractivity contribution < 1.29 is 14.9 Å². The van der Waals surface area contributed by atoms with Crippen molar-refractivity contribution in [2.45, 2.75) is 44.7 Å². The van der Waals surface area contributed by atoms with Gasteiger partial charge in [0.1, 0.15) is 11.9 Å².